The maximum absolute atomic E-state index is 12.4. The number of nitrogens with zero attached hydrogens (tertiary/aromatic N) is 1. The summed E-state index contributed by atoms with van der Waals surface area (Å²) < 4.78 is 26.0. The Labute approximate surface area is 132 Å². The van der Waals surface area contributed by atoms with Crippen LogP contribution in [0.4, 0.5) is 0 Å². The molecule has 2 rings (SSSR count). The number of carbonyl (C=O) groups is 1. The zero-order valence-corrected chi connectivity index (χ0v) is 14.5. The third-order valence-corrected chi connectivity index (χ3v) is 6.27. The average Bonchev–Trinajstić information content (AvgIpc) is 2.93. The van der Waals surface area contributed by atoms with Crippen molar-refractivity contribution in [3.05, 3.63) is 28.8 Å². The van der Waals surface area contributed by atoms with Crippen molar-refractivity contribution in [2.75, 3.05) is 14.1 Å². The molecule has 0 saturated heterocycles. The molecule has 0 atom stereocenters. The Morgan fingerprint density at radius 3 is 2.32 bits per heavy atom. The monoisotopic (exact) mass is 324 g/mol. The highest BCUT2D eigenvalue weighted by Crippen LogP contribution is 2.24. The van der Waals surface area contributed by atoms with E-state index in [1.54, 1.807) is 13.0 Å². The predicted octanol–water partition coefficient (Wildman–Crippen LogP) is 2.23. The Morgan fingerprint density at radius 2 is 1.77 bits per heavy atom. The first kappa shape index (κ1) is 17.0. The van der Waals surface area contributed by atoms with E-state index in [0.29, 0.717) is 11.1 Å². The molecule has 1 fully saturated rings. The predicted molar refractivity (Wildman–Crippen MR) is 86.5 cm³/mol. The third kappa shape index (κ3) is 3.33. The van der Waals surface area contributed by atoms with Gasteiger partial charge in [0, 0.05) is 25.7 Å². The minimum Gasteiger partial charge on any atom is -0.349 e. The molecular formula is C16H24N2O3S. The molecule has 1 aromatic rings. The molecule has 0 aromatic heterocycles. The van der Waals surface area contributed by atoms with Crippen LogP contribution in [0.1, 0.15) is 47.2 Å². The van der Waals surface area contributed by atoms with Crippen LogP contribution in [0.5, 0.6) is 0 Å². The summed E-state index contributed by atoms with van der Waals surface area (Å²) in [6, 6.07) is 3.46. The van der Waals surface area contributed by atoms with E-state index in [1.165, 1.54) is 24.5 Å². The fourth-order valence-corrected chi connectivity index (χ4v) is 3.98. The van der Waals surface area contributed by atoms with Gasteiger partial charge in [0.1, 0.15) is 0 Å². The summed E-state index contributed by atoms with van der Waals surface area (Å²) in [6.45, 7) is 3.60. The fourth-order valence-electron chi connectivity index (χ4n) is 2.76. The van der Waals surface area contributed by atoms with Crippen LogP contribution in [0, 0.1) is 13.8 Å². The number of hydrogen-bond acceptors (Lipinski definition) is 3. The Morgan fingerprint density at radius 1 is 1.18 bits per heavy atom. The third-order valence-electron chi connectivity index (χ3n) is 4.33. The van der Waals surface area contributed by atoms with Gasteiger partial charge in [-0.2, -0.15) is 0 Å². The number of nitrogens with one attached hydrogen (secondary N) is 1. The lowest BCUT2D eigenvalue weighted by Gasteiger charge is -2.17. The van der Waals surface area contributed by atoms with Crippen LogP contribution in [-0.4, -0.2) is 38.8 Å². The van der Waals surface area contributed by atoms with Gasteiger partial charge in [-0.25, -0.2) is 12.7 Å². The molecule has 0 heterocycles. The molecule has 0 spiro atoms. The van der Waals surface area contributed by atoms with E-state index in [1.807, 2.05) is 6.92 Å². The molecular weight excluding hydrogens is 300 g/mol. The lowest BCUT2D eigenvalue weighted by atomic mass is 10.1. The van der Waals surface area contributed by atoms with Crippen molar-refractivity contribution >= 4 is 15.9 Å². The number of aryl methyl sites for hydroxylation is 1. The van der Waals surface area contributed by atoms with E-state index in [-0.39, 0.29) is 16.8 Å². The van der Waals surface area contributed by atoms with E-state index < -0.39 is 10.0 Å². The summed E-state index contributed by atoms with van der Waals surface area (Å²) in [5, 5.41) is 3.00. The van der Waals surface area contributed by atoms with E-state index in [9.17, 15) is 13.2 Å². The number of benzene rings is 1. The van der Waals surface area contributed by atoms with E-state index in [2.05, 4.69) is 5.32 Å². The van der Waals surface area contributed by atoms with Crippen LogP contribution >= 0.6 is 0 Å². The molecule has 122 valence electrons. The summed E-state index contributed by atoms with van der Waals surface area (Å²) in [5.41, 5.74) is 1.90. The summed E-state index contributed by atoms with van der Waals surface area (Å²) >= 11 is 0. The number of rotatable bonds is 4. The summed E-state index contributed by atoms with van der Waals surface area (Å²) in [5.74, 6) is -0.190. The first-order valence-electron chi connectivity index (χ1n) is 7.58. The quantitative estimate of drug-likeness (QED) is 0.923. The molecule has 1 aliphatic carbocycles. The minimum atomic E-state index is -3.56. The van der Waals surface area contributed by atoms with Gasteiger partial charge in [-0.15, -0.1) is 0 Å². The van der Waals surface area contributed by atoms with Gasteiger partial charge in [-0.05, 0) is 49.9 Å². The Hall–Kier alpha value is -1.40. The lowest BCUT2D eigenvalue weighted by molar-refractivity contribution is 0.0937. The summed E-state index contributed by atoms with van der Waals surface area (Å²) in [7, 11) is -0.569. The standard InChI is InChI=1S/C16H24N2O3S/c1-11-9-13(16(19)17-14-7-5-6-8-14)10-15(12(11)2)22(20,21)18(3)4/h9-10,14H,5-8H2,1-4H3,(H,17,19). The first-order valence-corrected chi connectivity index (χ1v) is 9.02. The molecule has 0 aliphatic heterocycles. The largest absolute Gasteiger partial charge is 0.349 e. The first-order chi connectivity index (χ1) is 10.2. The Bertz CT molecular complexity index is 675. The smallest absolute Gasteiger partial charge is 0.251 e. The summed E-state index contributed by atoms with van der Waals surface area (Å²) in [6.07, 6.45) is 4.27. The van der Waals surface area contributed by atoms with Gasteiger partial charge in [0.2, 0.25) is 10.0 Å². The Balaban J connectivity index is 2.37. The molecule has 22 heavy (non-hydrogen) atoms. The van der Waals surface area contributed by atoms with Crippen LogP contribution in [-0.2, 0) is 10.0 Å². The molecule has 0 radical (unpaired) electrons. The van der Waals surface area contributed by atoms with E-state index >= 15 is 0 Å². The SMILES string of the molecule is Cc1cc(C(=O)NC2CCCC2)cc(S(=O)(=O)N(C)C)c1C. The number of sulfonamides is 1. The lowest BCUT2D eigenvalue weighted by Crippen LogP contribution is -2.33. The van der Waals surface area contributed by atoms with E-state index in [4.69, 9.17) is 0 Å². The minimum absolute atomic E-state index is 0.190. The van der Waals surface area contributed by atoms with Crippen molar-refractivity contribution in [3.63, 3.8) is 0 Å². The molecule has 1 saturated carbocycles. The van der Waals surface area contributed by atoms with Crippen LogP contribution in [0.3, 0.4) is 0 Å². The van der Waals surface area contributed by atoms with E-state index in [0.717, 1.165) is 31.2 Å². The highest BCUT2D eigenvalue weighted by atomic mass is 32.2. The molecule has 6 heteroatoms. The zero-order chi connectivity index (χ0) is 16.5. The topological polar surface area (TPSA) is 66.5 Å². The molecule has 1 N–H and O–H groups in total. The van der Waals surface area contributed by atoms with Crippen LogP contribution in [0.25, 0.3) is 0 Å². The second-order valence-corrected chi connectivity index (χ2v) is 8.28. The van der Waals surface area contributed by atoms with Crippen molar-refractivity contribution in [1.82, 2.24) is 9.62 Å². The highest BCUT2D eigenvalue weighted by molar-refractivity contribution is 7.89. The fraction of sp³-hybridized carbons (Fsp3) is 0.562. The van der Waals surface area contributed by atoms with Crippen LogP contribution < -0.4 is 5.32 Å². The van der Waals surface area contributed by atoms with Gasteiger partial charge in [0.15, 0.2) is 0 Å². The van der Waals surface area contributed by atoms with Gasteiger partial charge < -0.3 is 5.32 Å². The molecule has 1 aromatic carbocycles. The normalized spacial score (nSPS) is 16.2. The number of carbonyl (C=O) groups excluding carboxylic acids is 1. The molecule has 0 bridgehead atoms. The average molecular weight is 324 g/mol. The van der Waals surface area contributed by atoms with Gasteiger partial charge >= 0.3 is 0 Å². The zero-order valence-electron chi connectivity index (χ0n) is 13.6. The second kappa shape index (κ2) is 6.38. The van der Waals surface area contributed by atoms with Crippen molar-refractivity contribution < 1.29 is 13.2 Å². The molecule has 5 nitrogen and oxygen atoms in total. The second-order valence-electron chi connectivity index (χ2n) is 6.16. The van der Waals surface area contributed by atoms with Crippen molar-refractivity contribution in [2.45, 2.75) is 50.5 Å². The maximum atomic E-state index is 12.4. The number of amides is 1. The van der Waals surface area contributed by atoms with Gasteiger partial charge in [-0.1, -0.05) is 12.8 Å². The van der Waals surface area contributed by atoms with Crippen molar-refractivity contribution in [3.8, 4) is 0 Å². The van der Waals surface area contributed by atoms with Gasteiger partial charge in [-0.3, -0.25) is 4.79 Å². The Kier molecular flexibility index (Phi) is 4.92. The molecule has 1 aliphatic rings. The van der Waals surface area contributed by atoms with Crippen LogP contribution in [0.15, 0.2) is 17.0 Å². The molecule has 0 unspecified atom stereocenters. The van der Waals surface area contributed by atoms with Gasteiger partial charge in [0.25, 0.3) is 5.91 Å². The molecule has 1 amide bonds. The number of hydrogen-bond donors (Lipinski definition) is 1. The van der Waals surface area contributed by atoms with Gasteiger partial charge in [0.05, 0.1) is 4.90 Å². The highest BCUT2D eigenvalue weighted by Gasteiger charge is 2.24. The maximum Gasteiger partial charge on any atom is 0.251 e. The van der Waals surface area contributed by atoms with Crippen LogP contribution in [0.2, 0.25) is 0 Å². The summed E-state index contributed by atoms with van der Waals surface area (Å²) in [4.78, 5) is 12.6. The van der Waals surface area contributed by atoms with Crippen molar-refractivity contribution in [1.29, 1.82) is 0 Å². The van der Waals surface area contributed by atoms with Crippen molar-refractivity contribution in [2.24, 2.45) is 0 Å².